The number of nitrogens with zero attached hydrogens (tertiary/aromatic N) is 4. The van der Waals surface area contributed by atoms with Gasteiger partial charge in [-0.1, -0.05) is 0 Å². The predicted molar refractivity (Wildman–Crippen MR) is 45.4 cm³/mol. The molecule has 0 bridgehead atoms. The number of hydrogen-bond donors (Lipinski definition) is 0. The van der Waals surface area contributed by atoms with Crippen LogP contribution in [0.5, 0.6) is 0 Å². The fourth-order valence-corrected chi connectivity index (χ4v) is 1.83. The van der Waals surface area contributed by atoms with E-state index in [0.717, 1.165) is 5.69 Å². The summed E-state index contributed by atoms with van der Waals surface area (Å²) in [5.74, 6) is 0. The van der Waals surface area contributed by atoms with Gasteiger partial charge in [0.25, 0.3) is 0 Å². The predicted octanol–water partition coefficient (Wildman–Crippen LogP) is 0.477. The lowest BCUT2D eigenvalue weighted by Crippen LogP contribution is -2.36. The number of fused-ring (bicyclic) bond motifs is 3. The lowest BCUT2D eigenvalue weighted by molar-refractivity contribution is -0.683. The molecule has 0 aromatic carbocycles. The Morgan fingerprint density at radius 3 is 3.31 bits per heavy atom. The molecule has 1 unspecified atom stereocenters. The summed E-state index contributed by atoms with van der Waals surface area (Å²) in [6, 6.07) is 2.36. The average molecular weight is 173 g/mol. The largest absolute Gasteiger partial charge is 0.260 e. The fourth-order valence-electron chi connectivity index (χ4n) is 1.83. The summed E-state index contributed by atoms with van der Waals surface area (Å²) < 4.78 is 2.02. The zero-order valence-corrected chi connectivity index (χ0v) is 7.25. The second-order valence-corrected chi connectivity index (χ2v) is 3.19. The summed E-state index contributed by atoms with van der Waals surface area (Å²) in [6.07, 6.45) is 7.44. The summed E-state index contributed by atoms with van der Waals surface area (Å²) in [7, 11) is 0. The highest BCUT2D eigenvalue weighted by molar-refractivity contribution is 5.34. The molecule has 0 spiro atoms. The second-order valence-electron chi connectivity index (χ2n) is 3.19. The minimum Gasteiger partial charge on any atom is -0.260 e. The molecule has 13 heavy (non-hydrogen) atoms. The molecule has 2 aromatic rings. The summed E-state index contributed by atoms with van der Waals surface area (Å²) in [5.41, 5.74) is 2.41. The first-order valence-corrected chi connectivity index (χ1v) is 4.27. The van der Waals surface area contributed by atoms with Gasteiger partial charge in [-0.05, 0) is 17.8 Å². The maximum Gasteiger partial charge on any atom is 0.206 e. The third-order valence-electron chi connectivity index (χ3n) is 2.49. The van der Waals surface area contributed by atoms with Crippen molar-refractivity contribution in [3.05, 3.63) is 36.4 Å². The Bertz CT molecular complexity index is 460. The van der Waals surface area contributed by atoms with E-state index in [9.17, 15) is 0 Å². The molecule has 4 nitrogen and oxygen atoms in total. The zero-order chi connectivity index (χ0) is 8.84. The Morgan fingerprint density at radius 1 is 1.46 bits per heavy atom. The number of rotatable bonds is 0. The van der Waals surface area contributed by atoms with E-state index >= 15 is 0 Å². The fraction of sp³-hybridized carbons (Fsp3) is 0.222. The van der Waals surface area contributed by atoms with E-state index in [1.807, 2.05) is 34.1 Å². The van der Waals surface area contributed by atoms with Gasteiger partial charge in [0.1, 0.15) is 6.04 Å². The van der Waals surface area contributed by atoms with Crippen molar-refractivity contribution in [2.45, 2.75) is 13.0 Å². The topological polar surface area (TPSA) is 34.6 Å². The minimum atomic E-state index is 0.313. The van der Waals surface area contributed by atoms with Crippen LogP contribution in [0, 0.1) is 0 Å². The van der Waals surface area contributed by atoms with Crippen molar-refractivity contribution in [1.29, 1.82) is 0 Å². The maximum absolute atomic E-state index is 4.24. The van der Waals surface area contributed by atoms with Crippen molar-refractivity contribution in [2.75, 3.05) is 0 Å². The zero-order valence-electron chi connectivity index (χ0n) is 7.25. The van der Waals surface area contributed by atoms with Crippen LogP contribution in [-0.2, 0) is 0 Å². The van der Waals surface area contributed by atoms with Crippen LogP contribution < -0.4 is 4.68 Å². The van der Waals surface area contributed by atoms with Crippen LogP contribution in [0.2, 0.25) is 0 Å². The first-order chi connectivity index (χ1) is 6.38. The lowest BCUT2D eigenvalue weighted by Gasteiger charge is -1.96. The summed E-state index contributed by atoms with van der Waals surface area (Å²) in [6.45, 7) is 2.13. The van der Waals surface area contributed by atoms with Gasteiger partial charge >= 0.3 is 0 Å². The average Bonchev–Trinajstić information content (AvgIpc) is 2.72. The quantitative estimate of drug-likeness (QED) is 0.543. The Kier molecular flexibility index (Phi) is 1.12. The molecule has 0 amide bonds. The smallest absolute Gasteiger partial charge is 0.206 e. The van der Waals surface area contributed by atoms with E-state index in [4.69, 9.17) is 0 Å². The van der Waals surface area contributed by atoms with Gasteiger partial charge in [-0.15, -0.1) is 4.68 Å². The molecule has 1 aliphatic heterocycles. The molecule has 1 atom stereocenters. The number of aromatic nitrogens is 4. The third kappa shape index (κ3) is 0.722. The van der Waals surface area contributed by atoms with Gasteiger partial charge in [-0.3, -0.25) is 4.98 Å². The van der Waals surface area contributed by atoms with Crippen molar-refractivity contribution in [3.8, 4) is 5.69 Å². The Labute approximate surface area is 75.4 Å². The van der Waals surface area contributed by atoms with Gasteiger partial charge in [0, 0.05) is 16.9 Å². The van der Waals surface area contributed by atoms with E-state index in [1.165, 1.54) is 5.56 Å². The molecular weight excluding hydrogens is 164 g/mol. The van der Waals surface area contributed by atoms with Crippen molar-refractivity contribution in [1.82, 2.24) is 14.9 Å². The molecule has 1 aliphatic rings. The molecular formula is C9H9N4+. The second kappa shape index (κ2) is 2.16. The molecule has 3 rings (SSSR count). The molecule has 4 heteroatoms. The van der Waals surface area contributed by atoms with Crippen molar-refractivity contribution in [3.63, 3.8) is 0 Å². The van der Waals surface area contributed by atoms with Gasteiger partial charge < -0.3 is 0 Å². The minimum absolute atomic E-state index is 0.313. The van der Waals surface area contributed by atoms with Crippen LogP contribution >= 0.6 is 0 Å². The van der Waals surface area contributed by atoms with Gasteiger partial charge in [0.05, 0.1) is 6.20 Å². The molecule has 0 saturated carbocycles. The van der Waals surface area contributed by atoms with Crippen molar-refractivity contribution in [2.24, 2.45) is 0 Å². The Morgan fingerprint density at radius 2 is 2.38 bits per heavy atom. The van der Waals surface area contributed by atoms with E-state index < -0.39 is 0 Å². The SMILES string of the molecule is CC1c2ccncc2-[n+]2ccnn21. The number of hydrogen-bond acceptors (Lipinski definition) is 2. The molecule has 2 aromatic heterocycles. The van der Waals surface area contributed by atoms with E-state index in [-0.39, 0.29) is 0 Å². The molecule has 0 fully saturated rings. The maximum atomic E-state index is 4.24. The Balaban J connectivity index is 2.37. The van der Waals surface area contributed by atoms with Crippen molar-refractivity contribution < 1.29 is 4.68 Å². The highest BCUT2D eigenvalue weighted by atomic mass is 15.6. The highest BCUT2D eigenvalue weighted by Crippen LogP contribution is 2.23. The summed E-state index contributed by atoms with van der Waals surface area (Å²) >= 11 is 0. The Hall–Kier alpha value is -1.71. The van der Waals surface area contributed by atoms with Crippen LogP contribution in [0.25, 0.3) is 5.69 Å². The van der Waals surface area contributed by atoms with E-state index in [0.29, 0.717) is 6.04 Å². The summed E-state index contributed by atoms with van der Waals surface area (Å²) in [4.78, 5) is 6.06. The van der Waals surface area contributed by atoms with Crippen LogP contribution in [0.4, 0.5) is 0 Å². The van der Waals surface area contributed by atoms with Gasteiger partial charge in [-0.2, -0.15) is 0 Å². The molecule has 0 aliphatic carbocycles. The van der Waals surface area contributed by atoms with Crippen LogP contribution in [0.3, 0.4) is 0 Å². The third-order valence-corrected chi connectivity index (χ3v) is 2.49. The van der Waals surface area contributed by atoms with Crippen LogP contribution in [-0.4, -0.2) is 14.9 Å². The molecule has 64 valence electrons. The standard InChI is InChI=1S/C9H9N4/c1-7-8-2-3-10-6-9(8)12-5-4-11-13(7)12/h2-7H,1H3/q+1. The van der Waals surface area contributed by atoms with Gasteiger partial charge in [0.15, 0.2) is 11.9 Å². The molecule has 0 radical (unpaired) electrons. The number of pyridine rings is 1. The van der Waals surface area contributed by atoms with Crippen molar-refractivity contribution >= 4 is 0 Å². The first kappa shape index (κ1) is 6.77. The molecule has 3 heterocycles. The summed E-state index contributed by atoms with van der Waals surface area (Å²) in [5, 5.41) is 4.24. The van der Waals surface area contributed by atoms with Gasteiger partial charge in [-0.25, -0.2) is 0 Å². The first-order valence-electron chi connectivity index (χ1n) is 4.27. The van der Waals surface area contributed by atoms with Crippen LogP contribution in [0.15, 0.2) is 30.9 Å². The molecule has 0 saturated heterocycles. The van der Waals surface area contributed by atoms with Crippen LogP contribution in [0.1, 0.15) is 18.5 Å². The van der Waals surface area contributed by atoms with Gasteiger partial charge in [0.2, 0.25) is 6.20 Å². The highest BCUT2D eigenvalue weighted by Gasteiger charge is 2.31. The normalized spacial score (nSPS) is 18.4. The monoisotopic (exact) mass is 173 g/mol. The lowest BCUT2D eigenvalue weighted by atomic mass is 10.1. The van der Waals surface area contributed by atoms with E-state index in [2.05, 4.69) is 17.0 Å². The van der Waals surface area contributed by atoms with E-state index in [1.54, 1.807) is 6.20 Å². The molecule has 0 N–H and O–H groups in total.